The summed E-state index contributed by atoms with van der Waals surface area (Å²) in [6.45, 7) is 2.03. The van der Waals surface area contributed by atoms with Gasteiger partial charge in [0.05, 0.1) is 14.2 Å². The standard InChI is InChI=1S/C16H17F5O4/c1-7-10(8-5-6-9(17)11(18)12(8)23-3)13(14(22)24-4)25-15(7,2)16(19,20)21/h5-7,10,13H,1-4H3/t7-,10-,13-,15-/m0/s1. The van der Waals surface area contributed by atoms with Crippen LogP contribution in [0.1, 0.15) is 25.3 Å². The number of carbonyl (C=O) groups is 1. The van der Waals surface area contributed by atoms with Crippen LogP contribution in [0.4, 0.5) is 22.0 Å². The number of hydrogen-bond donors (Lipinski definition) is 0. The molecular formula is C16H17F5O4. The van der Waals surface area contributed by atoms with Gasteiger partial charge in [-0.3, -0.25) is 0 Å². The highest BCUT2D eigenvalue weighted by Crippen LogP contribution is 2.54. The van der Waals surface area contributed by atoms with Crippen LogP contribution < -0.4 is 4.74 Å². The maximum Gasteiger partial charge on any atom is 0.417 e. The summed E-state index contributed by atoms with van der Waals surface area (Å²) in [5.41, 5.74) is -2.77. The summed E-state index contributed by atoms with van der Waals surface area (Å²) in [6, 6.07) is 1.84. The lowest BCUT2D eigenvalue weighted by atomic mass is 9.77. The van der Waals surface area contributed by atoms with Crippen LogP contribution in [0.2, 0.25) is 0 Å². The average Bonchev–Trinajstić information content (AvgIpc) is 2.82. The highest BCUT2D eigenvalue weighted by Gasteiger charge is 2.66. The maximum absolute atomic E-state index is 14.0. The number of halogens is 5. The topological polar surface area (TPSA) is 44.8 Å². The van der Waals surface area contributed by atoms with Crippen LogP contribution in [0.25, 0.3) is 0 Å². The van der Waals surface area contributed by atoms with Crippen molar-refractivity contribution in [2.75, 3.05) is 14.2 Å². The molecule has 1 aliphatic rings. The molecule has 4 atom stereocenters. The predicted molar refractivity (Wildman–Crippen MR) is 76.2 cm³/mol. The van der Waals surface area contributed by atoms with E-state index in [1.807, 2.05) is 0 Å². The van der Waals surface area contributed by atoms with Crippen molar-refractivity contribution < 1.29 is 41.0 Å². The van der Waals surface area contributed by atoms with Gasteiger partial charge >= 0.3 is 12.1 Å². The molecule has 1 saturated heterocycles. The van der Waals surface area contributed by atoms with E-state index in [1.54, 1.807) is 0 Å². The molecule has 4 nitrogen and oxygen atoms in total. The minimum Gasteiger partial charge on any atom is -0.493 e. The molecule has 1 aliphatic heterocycles. The maximum atomic E-state index is 14.0. The molecule has 1 fully saturated rings. The first kappa shape index (κ1) is 19.4. The minimum absolute atomic E-state index is 0.0997. The number of alkyl halides is 3. The zero-order chi connectivity index (χ0) is 19.2. The van der Waals surface area contributed by atoms with Gasteiger partial charge in [0.15, 0.2) is 23.3 Å². The Balaban J connectivity index is 2.65. The zero-order valence-corrected chi connectivity index (χ0v) is 13.9. The van der Waals surface area contributed by atoms with E-state index in [1.165, 1.54) is 6.92 Å². The highest BCUT2D eigenvalue weighted by atomic mass is 19.4. The van der Waals surface area contributed by atoms with Crippen LogP contribution in [0.5, 0.6) is 5.75 Å². The molecule has 2 rings (SSSR count). The van der Waals surface area contributed by atoms with Gasteiger partial charge in [-0.1, -0.05) is 13.0 Å². The molecule has 0 aromatic heterocycles. The van der Waals surface area contributed by atoms with E-state index in [4.69, 9.17) is 9.47 Å². The van der Waals surface area contributed by atoms with Crippen molar-refractivity contribution in [3.8, 4) is 5.75 Å². The van der Waals surface area contributed by atoms with Gasteiger partial charge < -0.3 is 14.2 Å². The first-order valence-electron chi connectivity index (χ1n) is 7.33. The molecule has 0 radical (unpaired) electrons. The molecule has 0 spiro atoms. The molecule has 1 heterocycles. The summed E-state index contributed by atoms with van der Waals surface area (Å²) in [5, 5.41) is 0. The molecule has 0 unspecified atom stereocenters. The van der Waals surface area contributed by atoms with Crippen LogP contribution in [0, 0.1) is 17.6 Å². The largest absolute Gasteiger partial charge is 0.493 e. The highest BCUT2D eigenvalue weighted by molar-refractivity contribution is 5.77. The summed E-state index contributed by atoms with van der Waals surface area (Å²) in [7, 11) is 2.05. The quantitative estimate of drug-likeness (QED) is 0.604. The van der Waals surface area contributed by atoms with Crippen molar-refractivity contribution in [1.29, 1.82) is 0 Å². The lowest BCUT2D eigenvalue weighted by molar-refractivity contribution is -0.274. The lowest BCUT2D eigenvalue weighted by Crippen LogP contribution is -2.47. The molecule has 9 heteroatoms. The molecular weight excluding hydrogens is 351 g/mol. The van der Waals surface area contributed by atoms with E-state index in [0.29, 0.717) is 0 Å². The van der Waals surface area contributed by atoms with Gasteiger partial charge in [-0.2, -0.15) is 17.6 Å². The van der Waals surface area contributed by atoms with Crippen LogP contribution in [-0.2, 0) is 14.3 Å². The Morgan fingerprint density at radius 2 is 1.84 bits per heavy atom. The smallest absolute Gasteiger partial charge is 0.417 e. The van der Waals surface area contributed by atoms with Gasteiger partial charge in [-0.25, -0.2) is 9.18 Å². The number of esters is 1. The minimum atomic E-state index is -4.79. The number of carbonyl (C=O) groups excluding carboxylic acids is 1. The van der Waals surface area contributed by atoms with E-state index in [-0.39, 0.29) is 5.56 Å². The van der Waals surface area contributed by atoms with Crippen molar-refractivity contribution >= 4 is 5.97 Å². The Bertz CT molecular complexity index is 675. The molecule has 1 aromatic carbocycles. The van der Waals surface area contributed by atoms with Gasteiger partial charge in [0, 0.05) is 17.4 Å². The Hall–Kier alpha value is -1.90. The summed E-state index contributed by atoms with van der Waals surface area (Å²) in [5.74, 6) is -6.73. The van der Waals surface area contributed by atoms with E-state index in [2.05, 4.69) is 4.74 Å². The van der Waals surface area contributed by atoms with Crippen molar-refractivity contribution in [1.82, 2.24) is 0 Å². The van der Waals surface area contributed by atoms with Gasteiger partial charge in [-0.05, 0) is 13.0 Å². The van der Waals surface area contributed by atoms with Crippen molar-refractivity contribution in [2.24, 2.45) is 5.92 Å². The SMILES string of the molecule is COC(=O)[C@H]1O[C@](C)(C(F)(F)F)[C@@H](C)[C@H]1c1ccc(F)c(F)c1OC. The van der Waals surface area contributed by atoms with Crippen LogP contribution >= 0.6 is 0 Å². The summed E-state index contributed by atoms with van der Waals surface area (Å²) < 4.78 is 82.4. The second-order valence-electron chi connectivity index (χ2n) is 5.96. The van der Waals surface area contributed by atoms with Crippen LogP contribution in [0.3, 0.4) is 0 Å². The third kappa shape index (κ3) is 2.94. The van der Waals surface area contributed by atoms with Crippen molar-refractivity contribution in [3.05, 3.63) is 29.3 Å². The van der Waals surface area contributed by atoms with Crippen molar-refractivity contribution in [3.63, 3.8) is 0 Å². The van der Waals surface area contributed by atoms with Crippen LogP contribution in [0.15, 0.2) is 12.1 Å². The lowest BCUT2D eigenvalue weighted by Gasteiger charge is -2.31. The number of ether oxygens (including phenoxy) is 3. The molecule has 0 aliphatic carbocycles. The molecule has 1 aromatic rings. The number of hydrogen-bond acceptors (Lipinski definition) is 4. The first-order valence-corrected chi connectivity index (χ1v) is 7.33. The van der Waals surface area contributed by atoms with E-state index in [0.717, 1.165) is 33.3 Å². The molecule has 140 valence electrons. The van der Waals surface area contributed by atoms with E-state index >= 15 is 0 Å². The monoisotopic (exact) mass is 368 g/mol. The predicted octanol–water partition coefficient (Wildman–Crippen LogP) is 3.59. The fourth-order valence-corrected chi connectivity index (χ4v) is 3.13. The van der Waals surface area contributed by atoms with Gasteiger partial charge in [0.25, 0.3) is 0 Å². The molecule has 0 N–H and O–H groups in total. The van der Waals surface area contributed by atoms with Crippen molar-refractivity contribution in [2.45, 2.75) is 37.6 Å². The Labute approximate surface area is 140 Å². The van der Waals surface area contributed by atoms with E-state index < -0.39 is 53.1 Å². The average molecular weight is 368 g/mol. The second-order valence-corrected chi connectivity index (χ2v) is 5.96. The molecule has 0 bridgehead atoms. The van der Waals surface area contributed by atoms with Crippen LogP contribution in [-0.4, -0.2) is 38.1 Å². The number of benzene rings is 1. The fraction of sp³-hybridized carbons (Fsp3) is 0.562. The van der Waals surface area contributed by atoms with Gasteiger partial charge in [0.2, 0.25) is 5.82 Å². The normalized spacial score (nSPS) is 29.6. The molecule has 0 saturated carbocycles. The first-order chi connectivity index (χ1) is 11.5. The summed E-state index contributed by atoms with van der Waals surface area (Å²) in [6.07, 6.45) is -6.44. The zero-order valence-electron chi connectivity index (χ0n) is 13.9. The molecule has 0 amide bonds. The Morgan fingerprint density at radius 3 is 2.32 bits per heavy atom. The number of methoxy groups -OCH3 is 2. The van der Waals surface area contributed by atoms with E-state index in [9.17, 15) is 26.7 Å². The number of rotatable bonds is 3. The van der Waals surface area contributed by atoms with Gasteiger partial charge in [-0.15, -0.1) is 0 Å². The Kier molecular flexibility index (Phi) is 5.00. The summed E-state index contributed by atoms with van der Waals surface area (Å²) >= 11 is 0. The molecule has 25 heavy (non-hydrogen) atoms. The fourth-order valence-electron chi connectivity index (χ4n) is 3.13. The Morgan fingerprint density at radius 1 is 1.24 bits per heavy atom. The van der Waals surface area contributed by atoms with Gasteiger partial charge in [0.1, 0.15) is 0 Å². The summed E-state index contributed by atoms with van der Waals surface area (Å²) in [4.78, 5) is 12.0. The second kappa shape index (κ2) is 6.44. The third-order valence-electron chi connectivity index (χ3n) is 4.75. The third-order valence-corrected chi connectivity index (χ3v) is 4.75.